The third kappa shape index (κ3) is 3.20. The molecule has 0 aromatic rings. The zero-order valence-corrected chi connectivity index (χ0v) is 9.39. The molecule has 0 radical (unpaired) electrons. The lowest BCUT2D eigenvalue weighted by Gasteiger charge is -2.30. The fourth-order valence-electron chi connectivity index (χ4n) is 1.25. The van der Waals surface area contributed by atoms with E-state index in [1.807, 2.05) is 5.32 Å². The number of hydrogen-bond acceptors (Lipinski definition) is 8. The Bertz CT molecular complexity index is 335. The van der Waals surface area contributed by atoms with Gasteiger partial charge in [-0.15, -0.1) is 0 Å². The summed E-state index contributed by atoms with van der Waals surface area (Å²) in [5.41, 5.74) is -3.39. The molecule has 1 unspecified atom stereocenters. The molecule has 10 nitrogen and oxygen atoms in total. The largest absolute Gasteiger partial charge is 0.393 e. The summed E-state index contributed by atoms with van der Waals surface area (Å²) in [5.74, 6) is -0.782. The molecule has 4 atom stereocenters. The molecular weight excluding hydrogens is 252 g/mol. The third-order valence-electron chi connectivity index (χ3n) is 2.25. The number of hydrogen-bond donors (Lipinski definition) is 5. The van der Waals surface area contributed by atoms with Crippen molar-refractivity contribution < 1.29 is 34.9 Å². The molecule has 10 heteroatoms. The van der Waals surface area contributed by atoms with Gasteiger partial charge in [0.2, 0.25) is 5.91 Å². The number of aldehydes is 1. The van der Waals surface area contributed by atoms with Crippen molar-refractivity contribution in [3.05, 3.63) is 10.1 Å². The molecule has 0 bridgehead atoms. The van der Waals surface area contributed by atoms with E-state index in [-0.39, 0.29) is 6.29 Å². The van der Waals surface area contributed by atoms with Crippen LogP contribution in [0, 0.1) is 10.1 Å². The number of carbonyl (C=O) groups is 2. The molecule has 0 aromatic carbocycles. The second-order valence-electron chi connectivity index (χ2n) is 3.55. The molecule has 0 saturated carbocycles. The van der Waals surface area contributed by atoms with Crippen LogP contribution >= 0.6 is 0 Å². The maximum Gasteiger partial charge on any atom is 0.378 e. The van der Waals surface area contributed by atoms with Gasteiger partial charge >= 0.3 is 5.72 Å². The number of aliphatic hydroxyl groups is 4. The van der Waals surface area contributed by atoms with E-state index >= 15 is 0 Å². The molecular formula is C8H14N2O8. The predicted molar refractivity (Wildman–Crippen MR) is 54.7 cm³/mol. The van der Waals surface area contributed by atoms with Gasteiger partial charge in [0.25, 0.3) is 0 Å². The van der Waals surface area contributed by atoms with Gasteiger partial charge < -0.3 is 30.5 Å². The number of aliphatic hydroxyl groups excluding tert-OH is 3. The average Bonchev–Trinajstić information content (AvgIpc) is 2.32. The van der Waals surface area contributed by atoms with Crippen molar-refractivity contribution in [1.82, 2.24) is 5.32 Å². The molecule has 0 aromatic heterocycles. The zero-order chi connectivity index (χ0) is 14.5. The quantitative estimate of drug-likeness (QED) is 0.136. The number of carbonyl (C=O) groups excluding carboxylic acids is 2. The van der Waals surface area contributed by atoms with Gasteiger partial charge in [-0.3, -0.25) is 14.9 Å². The molecule has 0 saturated heterocycles. The highest BCUT2D eigenvalue weighted by Crippen LogP contribution is 2.19. The van der Waals surface area contributed by atoms with Crippen LogP contribution in [-0.2, 0) is 9.59 Å². The molecule has 0 fully saturated rings. The van der Waals surface area contributed by atoms with Gasteiger partial charge in [-0.25, -0.2) is 0 Å². The minimum Gasteiger partial charge on any atom is -0.393 e. The molecule has 104 valence electrons. The summed E-state index contributed by atoms with van der Waals surface area (Å²) < 4.78 is 0. The van der Waals surface area contributed by atoms with Crippen molar-refractivity contribution in [2.45, 2.75) is 30.9 Å². The fourth-order valence-corrected chi connectivity index (χ4v) is 1.25. The van der Waals surface area contributed by atoms with Gasteiger partial charge in [-0.2, -0.15) is 0 Å². The van der Waals surface area contributed by atoms with E-state index in [9.17, 15) is 29.9 Å². The molecule has 18 heavy (non-hydrogen) atoms. The van der Waals surface area contributed by atoms with E-state index in [1.165, 1.54) is 0 Å². The SMILES string of the molecule is CC(=O)N[C@@H](C=O)[C@@H](O)[C@](O)(C(O)CO)[N+](=O)[O-]. The molecule has 0 rings (SSSR count). The van der Waals surface area contributed by atoms with Crippen LogP contribution in [0.5, 0.6) is 0 Å². The maximum absolute atomic E-state index is 10.7. The lowest BCUT2D eigenvalue weighted by molar-refractivity contribution is -0.652. The van der Waals surface area contributed by atoms with Crippen molar-refractivity contribution >= 4 is 12.2 Å². The number of nitro groups is 1. The van der Waals surface area contributed by atoms with Crippen LogP contribution in [0.3, 0.4) is 0 Å². The minimum absolute atomic E-state index is 0.0371. The minimum atomic E-state index is -3.39. The summed E-state index contributed by atoms with van der Waals surface area (Å²) in [6, 6.07) is -1.81. The first-order valence-corrected chi connectivity index (χ1v) is 4.78. The van der Waals surface area contributed by atoms with E-state index in [4.69, 9.17) is 10.2 Å². The lowest BCUT2D eigenvalue weighted by atomic mass is 9.95. The molecule has 5 N–H and O–H groups in total. The highest BCUT2D eigenvalue weighted by Gasteiger charge is 2.57. The van der Waals surface area contributed by atoms with Crippen LogP contribution < -0.4 is 5.32 Å². The van der Waals surface area contributed by atoms with Crippen molar-refractivity contribution in [3.8, 4) is 0 Å². The van der Waals surface area contributed by atoms with E-state index in [0.29, 0.717) is 0 Å². The highest BCUT2D eigenvalue weighted by molar-refractivity contribution is 5.77. The molecule has 0 aliphatic rings. The van der Waals surface area contributed by atoms with Crippen LogP contribution in [0.25, 0.3) is 0 Å². The van der Waals surface area contributed by atoms with Crippen LogP contribution in [0.1, 0.15) is 6.92 Å². The Balaban J connectivity index is 5.29. The highest BCUT2D eigenvalue weighted by atomic mass is 16.7. The third-order valence-corrected chi connectivity index (χ3v) is 2.25. The lowest BCUT2D eigenvalue weighted by Crippen LogP contribution is -2.65. The summed E-state index contributed by atoms with van der Waals surface area (Å²) in [5, 5.41) is 49.4. The first-order chi connectivity index (χ1) is 8.21. The van der Waals surface area contributed by atoms with Gasteiger partial charge in [0, 0.05) is 6.92 Å². The van der Waals surface area contributed by atoms with Crippen molar-refractivity contribution in [1.29, 1.82) is 0 Å². The normalized spacial score (nSPS) is 19.2. The van der Waals surface area contributed by atoms with E-state index in [1.54, 1.807) is 0 Å². The summed E-state index contributed by atoms with van der Waals surface area (Å²) in [7, 11) is 0. The maximum atomic E-state index is 10.7. The van der Waals surface area contributed by atoms with Crippen molar-refractivity contribution in [3.63, 3.8) is 0 Å². The molecule has 1 amide bonds. The smallest absolute Gasteiger partial charge is 0.378 e. The Morgan fingerprint density at radius 1 is 1.56 bits per heavy atom. The van der Waals surface area contributed by atoms with Crippen LogP contribution in [0.4, 0.5) is 0 Å². The topological polar surface area (TPSA) is 170 Å². The van der Waals surface area contributed by atoms with Gasteiger partial charge in [0.1, 0.15) is 12.3 Å². The summed E-state index contributed by atoms with van der Waals surface area (Å²) in [6.45, 7) is -0.239. The Labute approximate surface area is 101 Å². The van der Waals surface area contributed by atoms with Gasteiger partial charge in [0.05, 0.1) is 11.5 Å². The first kappa shape index (κ1) is 16.4. The van der Waals surface area contributed by atoms with Crippen LogP contribution in [0.15, 0.2) is 0 Å². The number of nitrogens with one attached hydrogen (secondary N) is 1. The molecule has 0 aliphatic heterocycles. The Morgan fingerprint density at radius 3 is 2.33 bits per heavy atom. The van der Waals surface area contributed by atoms with E-state index in [0.717, 1.165) is 6.92 Å². The van der Waals surface area contributed by atoms with Gasteiger partial charge in [0.15, 0.2) is 12.2 Å². The van der Waals surface area contributed by atoms with Crippen LogP contribution in [0.2, 0.25) is 0 Å². The predicted octanol–water partition coefficient (Wildman–Crippen LogP) is -3.63. The summed E-state index contributed by atoms with van der Waals surface area (Å²) in [4.78, 5) is 30.5. The monoisotopic (exact) mass is 266 g/mol. The Hall–Kier alpha value is -1.62. The Morgan fingerprint density at radius 2 is 2.06 bits per heavy atom. The number of rotatable bonds is 7. The number of amides is 1. The zero-order valence-electron chi connectivity index (χ0n) is 9.39. The van der Waals surface area contributed by atoms with Crippen LogP contribution in [-0.4, -0.2) is 68.1 Å². The molecule has 0 spiro atoms. The van der Waals surface area contributed by atoms with E-state index < -0.39 is 41.4 Å². The van der Waals surface area contributed by atoms with Crippen molar-refractivity contribution in [2.75, 3.05) is 6.61 Å². The fraction of sp³-hybridized carbons (Fsp3) is 0.750. The Kier molecular flexibility index (Phi) is 5.78. The molecule has 0 heterocycles. The second kappa shape index (κ2) is 6.35. The number of nitrogens with zero attached hydrogens (tertiary/aromatic N) is 1. The van der Waals surface area contributed by atoms with Crippen molar-refractivity contribution in [2.24, 2.45) is 0 Å². The van der Waals surface area contributed by atoms with Gasteiger partial charge in [-0.1, -0.05) is 0 Å². The van der Waals surface area contributed by atoms with E-state index in [2.05, 4.69) is 0 Å². The standard InChI is InChI=1S/C8H14N2O8/c1-4(13)9-5(2-11)7(15)8(16,10(17)18)6(14)3-12/h2,5-7,12,14-16H,3H2,1H3,(H,9,13)/t5-,6?,7+,8+/m0/s1. The second-order valence-corrected chi connectivity index (χ2v) is 3.55. The average molecular weight is 266 g/mol. The summed E-state index contributed by atoms with van der Waals surface area (Å²) in [6.07, 6.45) is -4.81. The molecule has 0 aliphatic carbocycles. The van der Waals surface area contributed by atoms with Gasteiger partial charge in [-0.05, 0) is 0 Å². The first-order valence-electron chi connectivity index (χ1n) is 4.78. The summed E-state index contributed by atoms with van der Waals surface area (Å²) >= 11 is 0.